The van der Waals surface area contributed by atoms with Gasteiger partial charge < -0.3 is 9.64 Å². The number of hydrogen-bond acceptors (Lipinski definition) is 3. The number of amides is 1. The average Bonchev–Trinajstić information content (AvgIpc) is 3.06. The van der Waals surface area contributed by atoms with Gasteiger partial charge in [-0.1, -0.05) is 24.3 Å². The van der Waals surface area contributed by atoms with Gasteiger partial charge in [-0.05, 0) is 54.8 Å². The van der Waals surface area contributed by atoms with Crippen molar-refractivity contribution in [2.45, 2.75) is 27.0 Å². The van der Waals surface area contributed by atoms with E-state index in [1.165, 1.54) is 0 Å². The Hall–Kier alpha value is -3.08. The molecule has 1 heterocycles. The van der Waals surface area contributed by atoms with Gasteiger partial charge in [-0.3, -0.25) is 9.48 Å². The summed E-state index contributed by atoms with van der Waals surface area (Å²) < 4.78 is 7.74. The number of nitrogens with zero attached hydrogens (tertiary/aromatic N) is 3. The Labute approximate surface area is 160 Å². The molecule has 5 nitrogen and oxygen atoms in total. The van der Waals surface area contributed by atoms with Crippen molar-refractivity contribution < 1.29 is 9.53 Å². The normalized spacial score (nSPS) is 10.7. The summed E-state index contributed by atoms with van der Waals surface area (Å²) >= 11 is 0. The number of rotatable bonds is 6. The smallest absolute Gasteiger partial charge is 0.253 e. The molecule has 0 aliphatic heterocycles. The van der Waals surface area contributed by atoms with Gasteiger partial charge in [-0.15, -0.1) is 0 Å². The van der Waals surface area contributed by atoms with E-state index in [0.717, 1.165) is 28.1 Å². The lowest BCUT2D eigenvalue weighted by Gasteiger charge is -2.18. The Morgan fingerprint density at radius 1 is 1.15 bits per heavy atom. The number of hydrogen-bond donors (Lipinski definition) is 0. The molecule has 27 heavy (non-hydrogen) atoms. The molecule has 0 spiro atoms. The molecular formula is C22H25N3O2. The highest BCUT2D eigenvalue weighted by molar-refractivity contribution is 5.94. The summed E-state index contributed by atoms with van der Waals surface area (Å²) in [4.78, 5) is 14.5. The zero-order valence-electron chi connectivity index (χ0n) is 16.3. The Morgan fingerprint density at radius 3 is 2.70 bits per heavy atom. The minimum atomic E-state index is -0.0233. The summed E-state index contributed by atoms with van der Waals surface area (Å²) in [7, 11) is 3.67. The number of carbonyl (C=O) groups is 1. The third-order valence-electron chi connectivity index (χ3n) is 4.58. The molecule has 1 aromatic heterocycles. The van der Waals surface area contributed by atoms with E-state index in [2.05, 4.69) is 17.2 Å². The van der Waals surface area contributed by atoms with E-state index in [4.69, 9.17) is 4.74 Å². The van der Waals surface area contributed by atoms with Gasteiger partial charge >= 0.3 is 0 Å². The van der Waals surface area contributed by atoms with E-state index in [1.54, 1.807) is 22.8 Å². The quantitative estimate of drug-likeness (QED) is 0.668. The molecule has 0 bridgehead atoms. The summed E-state index contributed by atoms with van der Waals surface area (Å²) in [5.41, 5.74) is 4.87. The second-order valence-corrected chi connectivity index (χ2v) is 6.87. The first-order valence-corrected chi connectivity index (χ1v) is 8.95. The molecule has 1 amide bonds. The van der Waals surface area contributed by atoms with Gasteiger partial charge in [0.05, 0.1) is 12.2 Å². The molecule has 0 atom stereocenters. The van der Waals surface area contributed by atoms with Gasteiger partial charge in [-0.25, -0.2) is 0 Å². The molecule has 0 aliphatic rings. The summed E-state index contributed by atoms with van der Waals surface area (Å²) in [5, 5.41) is 4.14. The second kappa shape index (κ2) is 8.08. The van der Waals surface area contributed by atoms with Crippen LogP contribution in [0.3, 0.4) is 0 Å². The van der Waals surface area contributed by atoms with Crippen LogP contribution in [-0.4, -0.2) is 27.6 Å². The number of benzene rings is 2. The zero-order valence-corrected chi connectivity index (χ0v) is 16.3. The lowest BCUT2D eigenvalue weighted by atomic mass is 10.1. The van der Waals surface area contributed by atoms with Crippen molar-refractivity contribution >= 4 is 5.91 Å². The molecule has 0 N–H and O–H groups in total. The van der Waals surface area contributed by atoms with Crippen LogP contribution < -0.4 is 4.74 Å². The highest BCUT2D eigenvalue weighted by Crippen LogP contribution is 2.21. The van der Waals surface area contributed by atoms with Crippen molar-refractivity contribution in [3.63, 3.8) is 0 Å². The zero-order chi connectivity index (χ0) is 19.4. The maximum Gasteiger partial charge on any atom is 0.253 e. The van der Waals surface area contributed by atoms with E-state index in [-0.39, 0.29) is 5.91 Å². The van der Waals surface area contributed by atoms with Crippen LogP contribution in [0, 0.1) is 13.8 Å². The molecule has 5 heteroatoms. The number of aromatic nitrogens is 2. The first-order chi connectivity index (χ1) is 12.9. The van der Waals surface area contributed by atoms with Crippen LogP contribution in [0.15, 0.2) is 54.7 Å². The van der Waals surface area contributed by atoms with Crippen molar-refractivity contribution in [2.24, 2.45) is 7.05 Å². The first-order valence-electron chi connectivity index (χ1n) is 8.95. The largest absolute Gasteiger partial charge is 0.489 e. The van der Waals surface area contributed by atoms with Crippen LogP contribution in [0.25, 0.3) is 0 Å². The second-order valence-electron chi connectivity index (χ2n) is 6.87. The summed E-state index contributed by atoms with van der Waals surface area (Å²) in [6.45, 7) is 5.02. The minimum absolute atomic E-state index is 0.0233. The van der Waals surface area contributed by atoms with Crippen molar-refractivity contribution in [3.05, 3.63) is 82.7 Å². The predicted octanol–water partition coefficient (Wildman–Crippen LogP) is 3.89. The van der Waals surface area contributed by atoms with Gasteiger partial charge in [0, 0.05) is 25.9 Å². The molecule has 0 aliphatic carbocycles. The highest BCUT2D eigenvalue weighted by atomic mass is 16.5. The topological polar surface area (TPSA) is 47.4 Å². The van der Waals surface area contributed by atoms with Crippen LogP contribution in [0.1, 0.15) is 32.7 Å². The van der Waals surface area contributed by atoms with Crippen molar-refractivity contribution in [2.75, 3.05) is 7.05 Å². The highest BCUT2D eigenvalue weighted by Gasteiger charge is 2.14. The lowest BCUT2D eigenvalue weighted by Crippen LogP contribution is -2.27. The fraction of sp³-hybridized carbons (Fsp3) is 0.273. The Bertz CT molecular complexity index is 946. The number of aryl methyl sites for hydroxylation is 3. The van der Waals surface area contributed by atoms with Crippen molar-refractivity contribution in [1.82, 2.24) is 14.7 Å². The Morgan fingerprint density at radius 2 is 1.96 bits per heavy atom. The summed E-state index contributed by atoms with van der Waals surface area (Å²) in [5.74, 6) is 0.852. The molecular weight excluding hydrogens is 338 g/mol. The van der Waals surface area contributed by atoms with E-state index in [9.17, 15) is 4.79 Å². The van der Waals surface area contributed by atoms with E-state index in [1.807, 2.05) is 57.3 Å². The summed E-state index contributed by atoms with van der Waals surface area (Å²) in [6, 6.07) is 15.7. The molecule has 0 fully saturated rings. The van der Waals surface area contributed by atoms with Crippen LogP contribution in [0.4, 0.5) is 0 Å². The fourth-order valence-electron chi connectivity index (χ4n) is 2.91. The molecule has 0 unspecified atom stereocenters. The maximum absolute atomic E-state index is 12.8. The van der Waals surface area contributed by atoms with E-state index >= 15 is 0 Å². The van der Waals surface area contributed by atoms with Gasteiger partial charge in [0.25, 0.3) is 5.91 Å². The standard InChI is InChI=1S/C22H25N3O2/c1-16-8-9-17(2)21(12-16)27-15-18-6-5-7-19(13-18)22(26)24(3)14-20-10-11-23-25(20)4/h5-13H,14-15H2,1-4H3. The molecule has 3 aromatic rings. The van der Waals surface area contributed by atoms with E-state index in [0.29, 0.717) is 18.7 Å². The van der Waals surface area contributed by atoms with Gasteiger partial charge in [0.1, 0.15) is 12.4 Å². The molecule has 3 rings (SSSR count). The average molecular weight is 363 g/mol. The SMILES string of the molecule is Cc1ccc(C)c(OCc2cccc(C(=O)N(C)Cc3ccnn3C)c2)c1. The molecule has 2 aromatic carbocycles. The van der Waals surface area contributed by atoms with Gasteiger partial charge in [0.2, 0.25) is 0 Å². The maximum atomic E-state index is 12.8. The van der Waals surface area contributed by atoms with E-state index < -0.39 is 0 Å². The van der Waals surface area contributed by atoms with Crippen LogP contribution in [0.2, 0.25) is 0 Å². The molecule has 0 radical (unpaired) electrons. The Balaban J connectivity index is 1.68. The predicted molar refractivity (Wildman–Crippen MR) is 106 cm³/mol. The van der Waals surface area contributed by atoms with Crippen molar-refractivity contribution in [1.29, 1.82) is 0 Å². The number of ether oxygens (including phenoxy) is 1. The van der Waals surface area contributed by atoms with Crippen LogP contribution >= 0.6 is 0 Å². The first kappa shape index (κ1) is 18.7. The monoisotopic (exact) mass is 363 g/mol. The molecule has 140 valence electrons. The van der Waals surface area contributed by atoms with Gasteiger partial charge in [0.15, 0.2) is 0 Å². The minimum Gasteiger partial charge on any atom is -0.489 e. The van der Waals surface area contributed by atoms with Crippen LogP contribution in [0.5, 0.6) is 5.75 Å². The lowest BCUT2D eigenvalue weighted by molar-refractivity contribution is 0.0782. The molecule has 0 saturated carbocycles. The fourth-order valence-corrected chi connectivity index (χ4v) is 2.91. The Kier molecular flexibility index (Phi) is 5.60. The van der Waals surface area contributed by atoms with Gasteiger partial charge in [-0.2, -0.15) is 5.10 Å². The molecule has 0 saturated heterocycles. The van der Waals surface area contributed by atoms with Crippen molar-refractivity contribution in [3.8, 4) is 5.75 Å². The summed E-state index contributed by atoms with van der Waals surface area (Å²) in [6.07, 6.45) is 1.74. The van der Waals surface area contributed by atoms with Crippen LogP contribution in [-0.2, 0) is 20.2 Å². The number of carbonyl (C=O) groups excluding carboxylic acids is 1. The third-order valence-corrected chi connectivity index (χ3v) is 4.58. The third kappa shape index (κ3) is 4.56.